The Kier molecular flexibility index (Phi) is 5.67. The average molecular weight is 411 g/mol. The van der Waals surface area contributed by atoms with Crippen LogP contribution in [-0.2, 0) is 0 Å². The van der Waals surface area contributed by atoms with Crippen molar-refractivity contribution in [3.05, 3.63) is 56.0 Å². The van der Waals surface area contributed by atoms with Crippen molar-refractivity contribution in [2.24, 2.45) is 0 Å². The molecule has 0 aliphatic carbocycles. The molecular formula is C15H12BrCl3O2. The van der Waals surface area contributed by atoms with E-state index in [1.807, 2.05) is 12.1 Å². The molecule has 2 nitrogen and oxygen atoms in total. The molecule has 0 aliphatic heterocycles. The van der Waals surface area contributed by atoms with Gasteiger partial charge in [-0.25, -0.2) is 0 Å². The third-order valence-corrected chi connectivity index (χ3v) is 4.91. The van der Waals surface area contributed by atoms with E-state index in [1.54, 1.807) is 32.4 Å². The van der Waals surface area contributed by atoms with Gasteiger partial charge in [-0.05, 0) is 40.2 Å². The fourth-order valence-electron chi connectivity index (χ4n) is 2.03. The largest absolute Gasteiger partial charge is 0.495 e. The minimum Gasteiger partial charge on any atom is -0.495 e. The summed E-state index contributed by atoms with van der Waals surface area (Å²) >= 11 is 22.5. The van der Waals surface area contributed by atoms with Gasteiger partial charge in [0.05, 0.1) is 19.6 Å². The number of benzene rings is 2. The molecule has 2 aromatic carbocycles. The van der Waals surface area contributed by atoms with Gasteiger partial charge in [0.2, 0.25) is 0 Å². The van der Waals surface area contributed by atoms with Crippen LogP contribution in [-0.4, -0.2) is 14.2 Å². The lowest BCUT2D eigenvalue weighted by molar-refractivity contribution is 0.386. The quantitative estimate of drug-likeness (QED) is 0.567. The molecule has 0 saturated heterocycles. The number of rotatable bonds is 4. The molecule has 0 fully saturated rings. The molecule has 0 aromatic heterocycles. The molecule has 0 bridgehead atoms. The van der Waals surface area contributed by atoms with E-state index in [1.165, 1.54) is 0 Å². The highest BCUT2D eigenvalue weighted by Crippen LogP contribution is 2.46. The van der Waals surface area contributed by atoms with Gasteiger partial charge in [-0.15, -0.1) is 11.6 Å². The highest BCUT2D eigenvalue weighted by atomic mass is 79.9. The molecule has 21 heavy (non-hydrogen) atoms. The van der Waals surface area contributed by atoms with E-state index in [-0.39, 0.29) is 0 Å². The predicted molar refractivity (Wildman–Crippen MR) is 91.4 cm³/mol. The summed E-state index contributed by atoms with van der Waals surface area (Å²) in [7, 11) is 3.16. The minimum absolute atomic E-state index is 0.511. The third kappa shape index (κ3) is 3.26. The zero-order chi connectivity index (χ0) is 15.6. The van der Waals surface area contributed by atoms with E-state index in [0.717, 1.165) is 5.56 Å². The first kappa shape index (κ1) is 16.8. The van der Waals surface area contributed by atoms with Crippen LogP contribution in [0.5, 0.6) is 11.5 Å². The zero-order valence-electron chi connectivity index (χ0n) is 11.3. The molecule has 1 unspecified atom stereocenters. The van der Waals surface area contributed by atoms with Crippen molar-refractivity contribution in [2.45, 2.75) is 5.38 Å². The summed E-state index contributed by atoms with van der Waals surface area (Å²) in [5, 5.41) is 0.483. The Bertz CT molecular complexity index is 641. The van der Waals surface area contributed by atoms with E-state index in [9.17, 15) is 0 Å². The molecule has 6 heteroatoms. The van der Waals surface area contributed by atoms with Crippen molar-refractivity contribution in [3.8, 4) is 11.5 Å². The van der Waals surface area contributed by atoms with Gasteiger partial charge in [0.25, 0.3) is 0 Å². The van der Waals surface area contributed by atoms with Gasteiger partial charge in [-0.3, -0.25) is 0 Å². The number of halogens is 4. The van der Waals surface area contributed by atoms with Crippen molar-refractivity contribution in [3.63, 3.8) is 0 Å². The molecule has 0 saturated carbocycles. The first-order valence-corrected chi connectivity index (χ1v) is 7.98. The van der Waals surface area contributed by atoms with Crippen LogP contribution in [0.15, 0.2) is 34.8 Å². The lowest BCUT2D eigenvalue weighted by Gasteiger charge is -2.19. The Morgan fingerprint density at radius 3 is 2.14 bits per heavy atom. The number of ether oxygens (including phenoxy) is 2. The number of hydrogen-bond acceptors (Lipinski definition) is 2. The standard InChI is InChI=1S/C15H12BrCl3O2/c1-20-11-7-6-8(15(21-2)13(11)16)14(19)12-9(17)4-3-5-10(12)18/h3-7,14H,1-2H3. The molecule has 0 heterocycles. The van der Waals surface area contributed by atoms with Crippen LogP contribution in [0, 0.1) is 0 Å². The van der Waals surface area contributed by atoms with Crippen molar-refractivity contribution < 1.29 is 9.47 Å². The summed E-state index contributed by atoms with van der Waals surface area (Å²) in [5.74, 6) is 1.25. The van der Waals surface area contributed by atoms with E-state index in [0.29, 0.717) is 31.6 Å². The molecule has 112 valence electrons. The van der Waals surface area contributed by atoms with E-state index < -0.39 is 5.38 Å². The molecule has 2 rings (SSSR count). The van der Waals surface area contributed by atoms with Crippen LogP contribution in [0.1, 0.15) is 16.5 Å². The van der Waals surface area contributed by atoms with Gasteiger partial charge in [0.1, 0.15) is 16.0 Å². The fraction of sp³-hybridized carbons (Fsp3) is 0.200. The maximum absolute atomic E-state index is 6.58. The van der Waals surface area contributed by atoms with Crippen LogP contribution < -0.4 is 9.47 Å². The molecule has 0 N–H and O–H groups in total. The monoisotopic (exact) mass is 408 g/mol. The second kappa shape index (κ2) is 7.10. The maximum Gasteiger partial charge on any atom is 0.141 e. The number of hydrogen-bond donors (Lipinski definition) is 0. The van der Waals surface area contributed by atoms with Gasteiger partial charge in [0, 0.05) is 21.2 Å². The second-order valence-corrected chi connectivity index (χ2v) is 6.25. The lowest BCUT2D eigenvalue weighted by Crippen LogP contribution is -2.01. The van der Waals surface area contributed by atoms with Crippen molar-refractivity contribution >= 4 is 50.7 Å². The molecule has 1 atom stereocenters. The topological polar surface area (TPSA) is 18.5 Å². The van der Waals surface area contributed by atoms with E-state index in [2.05, 4.69) is 15.9 Å². The van der Waals surface area contributed by atoms with Crippen LogP contribution in [0.25, 0.3) is 0 Å². The zero-order valence-corrected chi connectivity index (χ0v) is 15.1. The highest BCUT2D eigenvalue weighted by molar-refractivity contribution is 9.10. The maximum atomic E-state index is 6.58. The molecular weight excluding hydrogens is 398 g/mol. The third-order valence-electron chi connectivity index (χ3n) is 3.04. The summed E-state index contributed by atoms with van der Waals surface area (Å²) in [5.41, 5.74) is 1.40. The summed E-state index contributed by atoms with van der Waals surface area (Å²) in [6.45, 7) is 0. The van der Waals surface area contributed by atoms with Gasteiger partial charge in [0.15, 0.2) is 0 Å². The van der Waals surface area contributed by atoms with Gasteiger partial charge >= 0.3 is 0 Å². The molecule has 2 aromatic rings. The molecule has 0 radical (unpaired) electrons. The first-order valence-electron chi connectivity index (χ1n) is 5.99. The summed E-state index contributed by atoms with van der Waals surface area (Å²) in [6.07, 6.45) is 0. The summed E-state index contributed by atoms with van der Waals surface area (Å²) < 4.78 is 11.4. The lowest BCUT2D eigenvalue weighted by atomic mass is 10.0. The van der Waals surface area contributed by atoms with Gasteiger partial charge in [-0.1, -0.05) is 29.3 Å². The SMILES string of the molecule is COc1ccc(C(Cl)c2c(Cl)cccc2Cl)c(OC)c1Br. The first-order chi connectivity index (χ1) is 10.0. The minimum atomic E-state index is -0.539. The Balaban J connectivity index is 2.59. The van der Waals surface area contributed by atoms with Crippen molar-refractivity contribution in [1.29, 1.82) is 0 Å². The summed E-state index contributed by atoms with van der Waals surface area (Å²) in [4.78, 5) is 0. The van der Waals surface area contributed by atoms with Crippen molar-refractivity contribution in [1.82, 2.24) is 0 Å². The number of methoxy groups -OCH3 is 2. The van der Waals surface area contributed by atoms with Crippen LogP contribution >= 0.6 is 50.7 Å². The normalized spacial score (nSPS) is 12.1. The van der Waals surface area contributed by atoms with Crippen LogP contribution in [0.2, 0.25) is 10.0 Å². The molecule has 0 spiro atoms. The predicted octanol–water partition coefficient (Wildman–Crippen LogP) is 6.10. The average Bonchev–Trinajstić information content (AvgIpc) is 2.46. The Labute approximate surface area is 147 Å². The fourth-order valence-corrected chi connectivity index (χ4v) is 3.85. The highest BCUT2D eigenvalue weighted by Gasteiger charge is 2.23. The van der Waals surface area contributed by atoms with Gasteiger partial charge in [-0.2, -0.15) is 0 Å². The van der Waals surface area contributed by atoms with Crippen LogP contribution in [0.3, 0.4) is 0 Å². The smallest absolute Gasteiger partial charge is 0.141 e. The second-order valence-electron chi connectivity index (χ2n) is 4.20. The Hall–Kier alpha value is -0.610. The number of alkyl halides is 1. The van der Waals surface area contributed by atoms with E-state index >= 15 is 0 Å². The molecule has 0 amide bonds. The van der Waals surface area contributed by atoms with Crippen molar-refractivity contribution in [2.75, 3.05) is 14.2 Å². The van der Waals surface area contributed by atoms with Gasteiger partial charge < -0.3 is 9.47 Å². The molecule has 0 aliphatic rings. The Morgan fingerprint density at radius 1 is 1.00 bits per heavy atom. The van der Waals surface area contributed by atoms with E-state index in [4.69, 9.17) is 44.3 Å². The Morgan fingerprint density at radius 2 is 1.62 bits per heavy atom. The summed E-state index contributed by atoms with van der Waals surface area (Å²) in [6, 6.07) is 8.92. The van der Waals surface area contributed by atoms with Crippen LogP contribution in [0.4, 0.5) is 0 Å².